The highest BCUT2D eigenvalue weighted by molar-refractivity contribution is 5.95. The highest BCUT2D eigenvalue weighted by Crippen LogP contribution is 2.33. The van der Waals surface area contributed by atoms with Crippen molar-refractivity contribution in [3.8, 4) is 11.3 Å². The number of carbonyl (C=O) groups excluding carboxylic acids is 3. The lowest BCUT2D eigenvalue weighted by atomic mass is 10.0. The first-order chi connectivity index (χ1) is 24.4. The summed E-state index contributed by atoms with van der Waals surface area (Å²) in [5, 5.41) is 9.68. The predicted octanol–water partition coefficient (Wildman–Crippen LogP) is 11.3. The molecule has 0 bridgehead atoms. The average molecular weight is 701 g/mol. The summed E-state index contributed by atoms with van der Waals surface area (Å²) in [5.41, 5.74) is 3.40. The van der Waals surface area contributed by atoms with Crippen molar-refractivity contribution < 1.29 is 19.5 Å². The van der Waals surface area contributed by atoms with Crippen molar-refractivity contribution in [2.24, 2.45) is 0 Å². The van der Waals surface area contributed by atoms with E-state index >= 15 is 0 Å². The minimum absolute atomic E-state index is 0.0192. The molecule has 1 amide bonds. The fraction of sp³-hybridized carbons (Fsp3) is 0.643. The van der Waals surface area contributed by atoms with Gasteiger partial charge in [0.2, 0.25) is 11.9 Å². The minimum Gasteiger partial charge on any atom is -0.392 e. The highest BCUT2D eigenvalue weighted by Gasteiger charge is 2.23. The van der Waals surface area contributed by atoms with Crippen molar-refractivity contribution in [2.75, 3.05) is 29.9 Å². The third kappa shape index (κ3) is 23.1. The number of carbonyl (C=O) groups is 3. The van der Waals surface area contributed by atoms with Crippen molar-refractivity contribution in [3.05, 3.63) is 41.5 Å². The van der Waals surface area contributed by atoms with Crippen molar-refractivity contribution in [3.63, 3.8) is 0 Å². The summed E-state index contributed by atoms with van der Waals surface area (Å²) in [4.78, 5) is 42.6. The van der Waals surface area contributed by atoms with Gasteiger partial charge in [0.05, 0.1) is 12.3 Å². The largest absolute Gasteiger partial charge is 0.392 e. The Morgan fingerprint density at radius 1 is 0.820 bits per heavy atom. The van der Waals surface area contributed by atoms with E-state index in [2.05, 4.69) is 45.6 Å². The number of rotatable bonds is 12. The van der Waals surface area contributed by atoms with Crippen LogP contribution in [0.4, 0.5) is 11.8 Å². The van der Waals surface area contributed by atoms with Gasteiger partial charge in [0.1, 0.15) is 19.4 Å². The van der Waals surface area contributed by atoms with Gasteiger partial charge in [-0.25, -0.2) is 4.98 Å². The van der Waals surface area contributed by atoms with E-state index in [1.807, 2.05) is 78.5 Å². The highest BCUT2D eigenvalue weighted by atomic mass is 16.3. The van der Waals surface area contributed by atoms with Gasteiger partial charge in [0, 0.05) is 37.7 Å². The van der Waals surface area contributed by atoms with Gasteiger partial charge in [-0.15, -0.1) is 0 Å². The van der Waals surface area contributed by atoms with Gasteiger partial charge < -0.3 is 19.6 Å². The number of nitrogens with zero attached hydrogens (tertiary/aromatic N) is 4. The number of hydrogen-bond donors (Lipinski definition) is 1. The van der Waals surface area contributed by atoms with Gasteiger partial charge in [-0.05, 0) is 30.9 Å². The van der Waals surface area contributed by atoms with Crippen LogP contribution in [0.25, 0.3) is 17.3 Å². The van der Waals surface area contributed by atoms with Crippen molar-refractivity contribution in [2.45, 2.75) is 159 Å². The Morgan fingerprint density at radius 2 is 1.36 bits per heavy atom. The maximum absolute atomic E-state index is 12.7. The molecule has 1 saturated heterocycles. The lowest BCUT2D eigenvalue weighted by Gasteiger charge is -2.25. The molecule has 1 aliphatic rings. The Bertz CT molecular complexity index is 1060. The second-order valence-electron chi connectivity index (χ2n) is 11.1. The molecule has 1 aromatic heterocycles. The standard InChI is InChI=1S/C26H36N4O2.C6H14.C4H10.2C2H6.2CH2O/c1-4-6-9-15-22-24(21-14-12-13-20(18-21)19-31)27-26(30-16-10-7-8-11-17-30)28-25(22)29(3)23(32)5-2;1-3-5-6-4-2;1-3-4-2;4*1-2/h9,12-15,18,31H,4-8,10-11,16-17,19H2,1-3H3;3-6H2,1-2H3;3-4H2,1-2H3;2*1-2H3;2*1H2/b15-9+;;;;;;. The molecule has 1 aromatic carbocycles. The van der Waals surface area contributed by atoms with Crippen molar-refractivity contribution >= 4 is 37.3 Å². The average Bonchev–Trinajstić information content (AvgIpc) is 3.50. The monoisotopic (exact) mass is 701 g/mol. The zero-order chi connectivity index (χ0) is 39.2. The van der Waals surface area contributed by atoms with E-state index < -0.39 is 0 Å². The molecule has 8 nitrogen and oxygen atoms in total. The van der Waals surface area contributed by atoms with E-state index in [1.54, 1.807) is 11.9 Å². The molecular weight excluding hydrogens is 624 g/mol. The van der Waals surface area contributed by atoms with Crippen molar-refractivity contribution in [1.29, 1.82) is 0 Å². The Kier molecular flexibility index (Phi) is 42.8. The molecule has 0 spiro atoms. The summed E-state index contributed by atoms with van der Waals surface area (Å²) in [6, 6.07) is 7.82. The number of benzene rings is 1. The maximum Gasteiger partial charge on any atom is 0.227 e. The van der Waals surface area contributed by atoms with Gasteiger partial charge in [0.25, 0.3) is 0 Å². The second kappa shape index (κ2) is 40.0. The van der Waals surface area contributed by atoms with E-state index in [4.69, 9.17) is 19.6 Å². The topological polar surface area (TPSA) is 104 Å². The maximum atomic E-state index is 12.7. The molecule has 8 heteroatoms. The molecule has 3 rings (SSSR count). The SMILES string of the molecule is C=O.C=O.CC.CC.CCC/C=C/c1c(-c2cccc(CO)c2)nc(N2CCCCCC2)nc1N(C)C(=O)CC.CCCC.CCCCCC. The third-order valence-corrected chi connectivity index (χ3v) is 7.38. The van der Waals surface area contributed by atoms with Crippen LogP contribution < -0.4 is 9.80 Å². The van der Waals surface area contributed by atoms with Gasteiger partial charge in [-0.1, -0.05) is 157 Å². The van der Waals surface area contributed by atoms with E-state index in [0.29, 0.717) is 18.2 Å². The summed E-state index contributed by atoms with van der Waals surface area (Å²) < 4.78 is 0. The van der Waals surface area contributed by atoms with Crippen LogP contribution in [0.15, 0.2) is 30.3 Å². The van der Waals surface area contributed by atoms with E-state index in [9.17, 15) is 9.90 Å². The molecule has 288 valence electrons. The lowest BCUT2D eigenvalue weighted by Crippen LogP contribution is -2.30. The van der Waals surface area contributed by atoms with Crippen LogP contribution in [-0.4, -0.2) is 54.7 Å². The second-order valence-corrected chi connectivity index (χ2v) is 11.1. The molecular formula is C42H76N4O4. The minimum atomic E-state index is -0.0278. The summed E-state index contributed by atoms with van der Waals surface area (Å²) in [5.74, 6) is 1.34. The smallest absolute Gasteiger partial charge is 0.227 e. The van der Waals surface area contributed by atoms with E-state index in [0.717, 1.165) is 61.2 Å². The van der Waals surface area contributed by atoms with Crippen molar-refractivity contribution in [1.82, 2.24) is 9.97 Å². The molecule has 0 unspecified atom stereocenters. The third-order valence-electron chi connectivity index (χ3n) is 7.38. The fourth-order valence-electron chi connectivity index (χ4n) is 4.53. The number of aliphatic hydroxyl groups excluding tert-OH is 1. The predicted molar refractivity (Wildman–Crippen MR) is 219 cm³/mol. The molecule has 1 aliphatic heterocycles. The summed E-state index contributed by atoms with van der Waals surface area (Å²) in [6.45, 7) is 26.7. The number of hydrogen-bond acceptors (Lipinski definition) is 7. The normalized spacial score (nSPS) is 11.4. The van der Waals surface area contributed by atoms with Crippen LogP contribution in [0.3, 0.4) is 0 Å². The molecule has 2 heterocycles. The first kappa shape index (κ1) is 53.4. The number of aliphatic hydroxyl groups is 1. The first-order valence-electron chi connectivity index (χ1n) is 19.3. The Labute approximate surface area is 308 Å². The van der Waals surface area contributed by atoms with E-state index in [-0.39, 0.29) is 12.5 Å². The summed E-state index contributed by atoms with van der Waals surface area (Å²) >= 11 is 0. The molecule has 2 aromatic rings. The Balaban J connectivity index is -0.000000495. The quantitative estimate of drug-likeness (QED) is 0.220. The number of allylic oxidation sites excluding steroid dienone is 1. The van der Waals surface area contributed by atoms with Crippen LogP contribution >= 0.6 is 0 Å². The number of amides is 1. The molecule has 1 fully saturated rings. The van der Waals surface area contributed by atoms with Crippen LogP contribution in [-0.2, 0) is 21.0 Å². The molecule has 0 atom stereocenters. The van der Waals surface area contributed by atoms with Gasteiger partial charge in [-0.3, -0.25) is 9.69 Å². The molecule has 50 heavy (non-hydrogen) atoms. The number of aromatic nitrogens is 2. The first-order valence-corrected chi connectivity index (χ1v) is 19.3. The zero-order valence-electron chi connectivity index (χ0n) is 34.2. The molecule has 0 radical (unpaired) electrons. The Hall–Kier alpha value is -3.39. The van der Waals surface area contributed by atoms with Crippen LogP contribution in [0.2, 0.25) is 0 Å². The van der Waals surface area contributed by atoms with Gasteiger partial charge in [-0.2, -0.15) is 4.98 Å². The van der Waals surface area contributed by atoms with Crippen LogP contribution in [0.1, 0.15) is 164 Å². The fourth-order valence-corrected chi connectivity index (χ4v) is 4.53. The van der Waals surface area contributed by atoms with E-state index in [1.165, 1.54) is 51.4 Å². The van der Waals surface area contributed by atoms with Gasteiger partial charge in [0.15, 0.2) is 0 Å². The molecule has 0 aliphatic carbocycles. The molecule has 1 N–H and O–H groups in total. The van der Waals surface area contributed by atoms with Crippen LogP contribution in [0, 0.1) is 0 Å². The lowest BCUT2D eigenvalue weighted by molar-refractivity contribution is -0.118. The zero-order valence-corrected chi connectivity index (χ0v) is 34.2. The number of anilines is 2. The van der Waals surface area contributed by atoms with Crippen LogP contribution in [0.5, 0.6) is 0 Å². The number of unbranched alkanes of at least 4 members (excludes halogenated alkanes) is 5. The van der Waals surface area contributed by atoms with Gasteiger partial charge >= 0.3 is 0 Å². The Morgan fingerprint density at radius 3 is 1.80 bits per heavy atom. The summed E-state index contributed by atoms with van der Waals surface area (Å²) in [7, 11) is 1.80. The molecule has 0 saturated carbocycles. The summed E-state index contributed by atoms with van der Waals surface area (Å²) in [6.07, 6.45) is 19.4.